The smallest absolute Gasteiger partial charge is 0.242 e. The maximum absolute atomic E-state index is 14.0. The lowest BCUT2D eigenvalue weighted by molar-refractivity contribution is -0.129. The summed E-state index contributed by atoms with van der Waals surface area (Å²) in [6, 6.07) is 9.03. The molecule has 194 valence electrons. The van der Waals surface area contributed by atoms with Crippen molar-refractivity contribution in [3.8, 4) is 0 Å². The Kier molecular flexibility index (Phi) is 9.62. The molecule has 3 N–H and O–H groups in total. The second-order valence-corrected chi connectivity index (χ2v) is 8.65. The normalized spacial score (nSPS) is 12.4. The van der Waals surface area contributed by atoms with E-state index in [1.54, 1.807) is 48.8 Å². The van der Waals surface area contributed by atoms with Crippen molar-refractivity contribution in [2.24, 2.45) is 0 Å². The second-order valence-electron chi connectivity index (χ2n) is 8.21. The fraction of sp³-hybridized carbons (Fsp3) is 0.231. The van der Waals surface area contributed by atoms with Gasteiger partial charge in [-0.3, -0.25) is 19.4 Å². The van der Waals surface area contributed by atoms with Crippen LogP contribution in [0.5, 0.6) is 0 Å². The molecular weight excluding hydrogens is 509 g/mol. The van der Waals surface area contributed by atoms with Crippen LogP contribution in [0.2, 0.25) is 5.02 Å². The minimum Gasteiger partial charge on any atom is -0.357 e. The zero-order valence-electron chi connectivity index (χ0n) is 19.7. The predicted octanol–water partition coefficient (Wildman–Crippen LogP) is 3.42. The number of halogens is 4. The lowest BCUT2D eigenvalue weighted by Crippen LogP contribution is -2.48. The summed E-state index contributed by atoms with van der Waals surface area (Å²) in [6.45, 7) is 0. The topological polar surface area (TPSA) is 100 Å². The molecule has 3 amide bonds. The molecular formula is C26H24ClF3N4O3. The highest BCUT2D eigenvalue weighted by molar-refractivity contribution is 6.30. The minimum absolute atomic E-state index is 0.183. The van der Waals surface area contributed by atoms with Crippen molar-refractivity contribution in [1.82, 2.24) is 20.9 Å². The van der Waals surface area contributed by atoms with E-state index in [0.29, 0.717) is 22.7 Å². The lowest BCUT2D eigenvalue weighted by atomic mass is 10.0. The Balaban J connectivity index is 1.76. The number of nitrogens with one attached hydrogen (secondary N) is 3. The Hall–Kier alpha value is -3.92. The van der Waals surface area contributed by atoms with Gasteiger partial charge in [-0.1, -0.05) is 29.8 Å². The molecule has 7 nitrogen and oxygen atoms in total. The molecule has 2 atom stereocenters. The van der Waals surface area contributed by atoms with Gasteiger partial charge in [-0.05, 0) is 35.4 Å². The number of hydrogen-bond acceptors (Lipinski definition) is 4. The highest BCUT2D eigenvalue weighted by Gasteiger charge is 2.25. The molecule has 0 spiro atoms. The summed E-state index contributed by atoms with van der Waals surface area (Å²) in [6.07, 6.45) is 2.47. The van der Waals surface area contributed by atoms with Crippen molar-refractivity contribution in [1.29, 1.82) is 0 Å². The third-order valence-electron chi connectivity index (χ3n) is 5.48. The number of carbonyl (C=O) groups excluding carboxylic acids is 3. The Labute approximate surface area is 216 Å². The standard InChI is InChI=1S/C26H24ClF3N4O3/c1-31-26(37)23(8-15-4-3-7-32-14-15)34-25(36)13-22(16-5-2-6-18(27)9-16)33-24(35)11-17-10-20(29)21(30)12-19(17)28/h2-7,9-10,12,14,22-23H,8,11,13H2,1H3,(H,31,37)(H,33,35)(H,34,36). The fourth-order valence-electron chi connectivity index (χ4n) is 3.67. The Morgan fingerprint density at radius 2 is 1.70 bits per heavy atom. The monoisotopic (exact) mass is 532 g/mol. The summed E-state index contributed by atoms with van der Waals surface area (Å²) >= 11 is 6.08. The van der Waals surface area contributed by atoms with Gasteiger partial charge in [-0.25, -0.2) is 13.2 Å². The molecule has 2 unspecified atom stereocenters. The van der Waals surface area contributed by atoms with E-state index in [9.17, 15) is 27.6 Å². The molecule has 0 saturated carbocycles. The summed E-state index contributed by atoms with van der Waals surface area (Å²) in [5.41, 5.74) is 0.858. The van der Waals surface area contributed by atoms with Crippen molar-refractivity contribution in [2.75, 3.05) is 7.05 Å². The number of aromatic nitrogens is 1. The van der Waals surface area contributed by atoms with Crippen molar-refractivity contribution in [3.63, 3.8) is 0 Å². The second kappa shape index (κ2) is 12.9. The number of rotatable bonds is 10. The van der Waals surface area contributed by atoms with Crippen LogP contribution in [0.1, 0.15) is 29.2 Å². The van der Waals surface area contributed by atoms with Gasteiger partial charge in [-0.15, -0.1) is 0 Å². The van der Waals surface area contributed by atoms with Crippen LogP contribution >= 0.6 is 11.6 Å². The van der Waals surface area contributed by atoms with E-state index in [0.717, 1.165) is 5.56 Å². The number of nitrogens with zero attached hydrogens (tertiary/aromatic N) is 1. The average molecular weight is 533 g/mol. The number of carbonyl (C=O) groups is 3. The van der Waals surface area contributed by atoms with Gasteiger partial charge >= 0.3 is 0 Å². The van der Waals surface area contributed by atoms with Crippen LogP contribution < -0.4 is 16.0 Å². The molecule has 11 heteroatoms. The van der Waals surface area contributed by atoms with E-state index in [4.69, 9.17) is 11.6 Å². The number of hydrogen-bond donors (Lipinski definition) is 3. The molecule has 0 bridgehead atoms. The van der Waals surface area contributed by atoms with E-state index in [1.165, 1.54) is 7.05 Å². The van der Waals surface area contributed by atoms with Crippen molar-refractivity contribution < 1.29 is 27.6 Å². The van der Waals surface area contributed by atoms with E-state index in [-0.39, 0.29) is 18.4 Å². The van der Waals surface area contributed by atoms with Crippen molar-refractivity contribution in [2.45, 2.75) is 31.3 Å². The zero-order valence-corrected chi connectivity index (χ0v) is 20.5. The maximum Gasteiger partial charge on any atom is 0.242 e. The molecule has 1 aromatic heterocycles. The van der Waals surface area contributed by atoms with Gasteiger partial charge in [0.15, 0.2) is 11.6 Å². The van der Waals surface area contributed by atoms with Crippen LogP contribution in [0.4, 0.5) is 13.2 Å². The van der Waals surface area contributed by atoms with Gasteiger partial charge in [0.25, 0.3) is 0 Å². The largest absolute Gasteiger partial charge is 0.357 e. The Bertz CT molecular complexity index is 1280. The van der Waals surface area contributed by atoms with Crippen LogP contribution in [0.3, 0.4) is 0 Å². The molecule has 0 radical (unpaired) electrons. The minimum atomic E-state index is -1.37. The number of benzene rings is 2. The third kappa shape index (κ3) is 8.04. The summed E-state index contributed by atoms with van der Waals surface area (Å²) in [5, 5.41) is 8.13. The Morgan fingerprint density at radius 1 is 0.946 bits per heavy atom. The first-order chi connectivity index (χ1) is 17.7. The SMILES string of the molecule is CNC(=O)C(Cc1cccnc1)NC(=O)CC(NC(=O)Cc1cc(F)c(F)cc1F)c1cccc(Cl)c1. The summed E-state index contributed by atoms with van der Waals surface area (Å²) in [5.74, 6) is -5.44. The van der Waals surface area contributed by atoms with Crippen LogP contribution in [0.25, 0.3) is 0 Å². The van der Waals surface area contributed by atoms with Gasteiger partial charge in [-0.2, -0.15) is 0 Å². The molecule has 0 saturated heterocycles. The molecule has 0 fully saturated rings. The fourth-order valence-corrected chi connectivity index (χ4v) is 3.87. The zero-order chi connectivity index (χ0) is 26.9. The van der Waals surface area contributed by atoms with Crippen molar-refractivity contribution >= 4 is 29.3 Å². The molecule has 0 aliphatic heterocycles. The molecule has 0 aliphatic rings. The lowest BCUT2D eigenvalue weighted by Gasteiger charge is -2.22. The molecule has 3 aromatic rings. The van der Waals surface area contributed by atoms with Crippen LogP contribution in [0.15, 0.2) is 60.9 Å². The maximum atomic E-state index is 14.0. The highest BCUT2D eigenvalue weighted by Crippen LogP contribution is 2.22. The molecule has 1 heterocycles. The van der Waals surface area contributed by atoms with Gasteiger partial charge in [0.05, 0.1) is 18.9 Å². The van der Waals surface area contributed by atoms with Gasteiger partial charge in [0.1, 0.15) is 11.9 Å². The molecule has 2 aromatic carbocycles. The first kappa shape index (κ1) is 27.7. The van der Waals surface area contributed by atoms with Crippen molar-refractivity contribution in [3.05, 3.63) is 100 Å². The van der Waals surface area contributed by atoms with Crippen LogP contribution in [-0.4, -0.2) is 35.8 Å². The third-order valence-corrected chi connectivity index (χ3v) is 5.71. The molecule has 3 rings (SSSR count). The summed E-state index contributed by atoms with van der Waals surface area (Å²) < 4.78 is 40.8. The summed E-state index contributed by atoms with van der Waals surface area (Å²) in [4.78, 5) is 42.1. The quantitative estimate of drug-likeness (QED) is 0.348. The number of pyridine rings is 1. The first-order valence-electron chi connectivity index (χ1n) is 11.2. The molecule has 37 heavy (non-hydrogen) atoms. The first-order valence-corrected chi connectivity index (χ1v) is 11.6. The average Bonchev–Trinajstić information content (AvgIpc) is 2.86. The van der Waals surface area contributed by atoms with Gasteiger partial charge in [0, 0.05) is 42.5 Å². The van der Waals surface area contributed by atoms with E-state index < -0.39 is 53.7 Å². The predicted molar refractivity (Wildman–Crippen MR) is 131 cm³/mol. The highest BCUT2D eigenvalue weighted by atomic mass is 35.5. The number of likely N-dealkylation sites (N-methyl/N-ethyl adjacent to an activating group) is 1. The Morgan fingerprint density at radius 3 is 2.38 bits per heavy atom. The number of amides is 3. The molecule has 0 aliphatic carbocycles. The van der Waals surface area contributed by atoms with Gasteiger partial charge in [0.2, 0.25) is 17.7 Å². The van der Waals surface area contributed by atoms with E-state index in [2.05, 4.69) is 20.9 Å². The van der Waals surface area contributed by atoms with Crippen LogP contribution in [0, 0.1) is 17.5 Å². The van der Waals surface area contributed by atoms with E-state index >= 15 is 0 Å². The summed E-state index contributed by atoms with van der Waals surface area (Å²) in [7, 11) is 1.44. The van der Waals surface area contributed by atoms with E-state index in [1.807, 2.05) is 0 Å². The van der Waals surface area contributed by atoms with Crippen LogP contribution in [-0.2, 0) is 27.2 Å². The van der Waals surface area contributed by atoms with Gasteiger partial charge < -0.3 is 16.0 Å².